The van der Waals surface area contributed by atoms with Crippen LogP contribution in [0.5, 0.6) is 0 Å². The highest BCUT2D eigenvalue weighted by atomic mass is 79.9. The maximum atomic E-state index is 12.3. The normalized spacial score (nSPS) is 11.3. The number of aryl methyl sites for hydroxylation is 1. The Labute approximate surface area is 155 Å². The van der Waals surface area contributed by atoms with Gasteiger partial charge in [-0.05, 0) is 15.9 Å². The molecule has 3 heterocycles. The number of nitrogens with zero attached hydrogens (tertiary/aromatic N) is 5. The second kappa shape index (κ2) is 6.10. The van der Waals surface area contributed by atoms with Gasteiger partial charge in [0.1, 0.15) is 5.69 Å². The number of aromatic nitrogens is 5. The van der Waals surface area contributed by atoms with Crippen LogP contribution in [0.3, 0.4) is 0 Å². The maximum Gasteiger partial charge on any atom is 0.332 e. The molecule has 132 valence electrons. The molecule has 0 atom stereocenters. The maximum absolute atomic E-state index is 12.3. The van der Waals surface area contributed by atoms with Crippen molar-refractivity contribution in [3.8, 4) is 11.3 Å². The van der Waals surface area contributed by atoms with E-state index in [1.165, 1.54) is 11.6 Å². The highest BCUT2D eigenvalue weighted by Gasteiger charge is 2.19. The molecule has 4 rings (SSSR count). The van der Waals surface area contributed by atoms with Gasteiger partial charge in [0.2, 0.25) is 0 Å². The summed E-state index contributed by atoms with van der Waals surface area (Å²) < 4.78 is 9.99. The molecule has 4 aromatic rings. The van der Waals surface area contributed by atoms with Gasteiger partial charge in [0.05, 0.1) is 6.54 Å². The molecular weight excluding hydrogens is 402 g/mol. The molecule has 26 heavy (non-hydrogen) atoms. The van der Waals surface area contributed by atoms with Gasteiger partial charge in [0, 0.05) is 25.7 Å². The molecular formula is C17H14BrN5O3. The fourth-order valence-electron chi connectivity index (χ4n) is 2.89. The van der Waals surface area contributed by atoms with Crippen molar-refractivity contribution in [2.75, 3.05) is 0 Å². The van der Waals surface area contributed by atoms with Crippen LogP contribution in [0.15, 0.2) is 55.2 Å². The Morgan fingerprint density at radius 2 is 1.85 bits per heavy atom. The molecule has 3 aromatic heterocycles. The highest BCUT2D eigenvalue weighted by molar-refractivity contribution is 9.10. The van der Waals surface area contributed by atoms with E-state index in [4.69, 9.17) is 4.52 Å². The summed E-state index contributed by atoms with van der Waals surface area (Å²) in [4.78, 5) is 28.8. The number of imidazole rings is 1. The third-order valence-corrected chi connectivity index (χ3v) is 4.84. The van der Waals surface area contributed by atoms with E-state index < -0.39 is 11.2 Å². The molecule has 0 fully saturated rings. The van der Waals surface area contributed by atoms with E-state index in [0.29, 0.717) is 21.8 Å². The molecule has 0 amide bonds. The summed E-state index contributed by atoms with van der Waals surface area (Å²) in [6, 6.07) is 11.5. The summed E-state index contributed by atoms with van der Waals surface area (Å²) in [6.45, 7) is 0.275. The van der Waals surface area contributed by atoms with Gasteiger partial charge < -0.3 is 4.52 Å². The molecule has 0 bridgehead atoms. The van der Waals surface area contributed by atoms with Crippen molar-refractivity contribution in [1.29, 1.82) is 0 Å². The van der Waals surface area contributed by atoms with Crippen molar-refractivity contribution < 1.29 is 4.52 Å². The lowest BCUT2D eigenvalue weighted by Gasteiger charge is -2.07. The van der Waals surface area contributed by atoms with Crippen LogP contribution in [-0.2, 0) is 20.6 Å². The Morgan fingerprint density at radius 3 is 2.58 bits per heavy atom. The fourth-order valence-corrected chi connectivity index (χ4v) is 3.36. The largest absolute Gasteiger partial charge is 0.359 e. The Hall–Kier alpha value is -2.94. The zero-order chi connectivity index (χ0) is 18.4. The predicted octanol–water partition coefficient (Wildman–Crippen LogP) is 1.90. The van der Waals surface area contributed by atoms with Crippen molar-refractivity contribution in [1.82, 2.24) is 23.8 Å². The van der Waals surface area contributed by atoms with E-state index in [1.54, 1.807) is 11.6 Å². The molecule has 0 aliphatic heterocycles. The highest BCUT2D eigenvalue weighted by Crippen LogP contribution is 2.22. The van der Waals surface area contributed by atoms with Crippen LogP contribution >= 0.6 is 15.9 Å². The molecule has 8 nitrogen and oxygen atoms in total. The summed E-state index contributed by atoms with van der Waals surface area (Å²) in [5, 5.41) is 4.09. The minimum atomic E-state index is -0.440. The first-order chi connectivity index (χ1) is 12.5. The van der Waals surface area contributed by atoms with Gasteiger partial charge in [-0.3, -0.25) is 18.5 Å². The Morgan fingerprint density at radius 1 is 1.12 bits per heavy atom. The first-order valence-corrected chi connectivity index (χ1v) is 8.59. The van der Waals surface area contributed by atoms with Crippen LogP contribution in [0.4, 0.5) is 0 Å². The van der Waals surface area contributed by atoms with Gasteiger partial charge in [0.15, 0.2) is 21.7 Å². The molecule has 1 aromatic carbocycles. The molecule has 9 heteroatoms. The molecule has 0 saturated carbocycles. The average molecular weight is 416 g/mol. The molecule has 0 radical (unpaired) electrons. The summed E-state index contributed by atoms with van der Waals surface area (Å²) >= 11 is 3.36. The van der Waals surface area contributed by atoms with E-state index >= 15 is 0 Å². The van der Waals surface area contributed by atoms with E-state index in [2.05, 4.69) is 26.1 Å². The predicted molar refractivity (Wildman–Crippen MR) is 99.0 cm³/mol. The second-order valence-electron chi connectivity index (χ2n) is 5.89. The number of fused-ring (bicyclic) bond motifs is 1. The first-order valence-electron chi connectivity index (χ1n) is 7.80. The van der Waals surface area contributed by atoms with Crippen LogP contribution in [-0.4, -0.2) is 23.8 Å². The molecule has 0 unspecified atom stereocenters. The van der Waals surface area contributed by atoms with Crippen LogP contribution < -0.4 is 11.2 Å². The Bertz CT molecular complexity index is 1230. The summed E-state index contributed by atoms with van der Waals surface area (Å²) in [7, 11) is 3.03. The number of hydrogen-bond donors (Lipinski definition) is 0. The molecule has 0 N–H and O–H groups in total. The smallest absolute Gasteiger partial charge is 0.332 e. The van der Waals surface area contributed by atoms with Crippen molar-refractivity contribution >= 4 is 27.1 Å². The monoisotopic (exact) mass is 415 g/mol. The summed E-state index contributed by atoms with van der Waals surface area (Å²) in [5.41, 5.74) is 1.43. The van der Waals surface area contributed by atoms with Crippen molar-refractivity contribution in [2.24, 2.45) is 14.1 Å². The van der Waals surface area contributed by atoms with Gasteiger partial charge in [0.25, 0.3) is 5.56 Å². The minimum Gasteiger partial charge on any atom is -0.359 e. The quantitative estimate of drug-likeness (QED) is 0.476. The lowest BCUT2D eigenvalue weighted by atomic mass is 10.1. The van der Waals surface area contributed by atoms with E-state index in [9.17, 15) is 9.59 Å². The van der Waals surface area contributed by atoms with E-state index in [-0.39, 0.29) is 12.1 Å². The number of hydrogen-bond acceptors (Lipinski definition) is 5. The number of benzene rings is 1. The van der Waals surface area contributed by atoms with Gasteiger partial charge in [-0.15, -0.1) is 0 Å². The Balaban J connectivity index is 1.82. The van der Waals surface area contributed by atoms with Crippen molar-refractivity contribution in [3.63, 3.8) is 0 Å². The van der Waals surface area contributed by atoms with Crippen LogP contribution in [0, 0.1) is 0 Å². The van der Waals surface area contributed by atoms with Crippen molar-refractivity contribution in [2.45, 2.75) is 6.54 Å². The van der Waals surface area contributed by atoms with Crippen LogP contribution in [0.1, 0.15) is 5.76 Å². The minimum absolute atomic E-state index is 0.212. The van der Waals surface area contributed by atoms with E-state index in [1.807, 2.05) is 36.4 Å². The lowest BCUT2D eigenvalue weighted by molar-refractivity contribution is 0.378. The zero-order valence-electron chi connectivity index (χ0n) is 14.0. The first kappa shape index (κ1) is 16.5. The topological polar surface area (TPSA) is 87.8 Å². The SMILES string of the molecule is Cn1c(=O)c2nc(Br)n(Cc3cc(-c4ccccc4)no3)c2n(C)c1=O. The van der Waals surface area contributed by atoms with Crippen molar-refractivity contribution in [3.05, 3.63) is 67.7 Å². The third-order valence-electron chi connectivity index (χ3n) is 4.24. The number of halogens is 1. The Kier molecular flexibility index (Phi) is 3.87. The van der Waals surface area contributed by atoms with Gasteiger partial charge in [-0.1, -0.05) is 35.5 Å². The van der Waals surface area contributed by atoms with Crippen LogP contribution in [0.2, 0.25) is 0 Å². The lowest BCUT2D eigenvalue weighted by Crippen LogP contribution is -2.37. The molecule has 0 aliphatic carbocycles. The number of rotatable bonds is 3. The van der Waals surface area contributed by atoms with E-state index in [0.717, 1.165) is 10.1 Å². The second-order valence-corrected chi connectivity index (χ2v) is 6.60. The van der Waals surface area contributed by atoms with Gasteiger partial charge >= 0.3 is 5.69 Å². The fraction of sp³-hybridized carbons (Fsp3) is 0.176. The van der Waals surface area contributed by atoms with Crippen LogP contribution in [0.25, 0.3) is 22.4 Å². The third kappa shape index (κ3) is 2.51. The van der Waals surface area contributed by atoms with Gasteiger partial charge in [-0.2, -0.15) is 0 Å². The molecule has 0 aliphatic rings. The zero-order valence-corrected chi connectivity index (χ0v) is 15.6. The molecule has 0 spiro atoms. The summed E-state index contributed by atoms with van der Waals surface area (Å²) in [6.07, 6.45) is 0. The molecule has 0 saturated heterocycles. The average Bonchev–Trinajstić information content (AvgIpc) is 3.25. The van der Waals surface area contributed by atoms with Gasteiger partial charge in [-0.25, -0.2) is 9.78 Å². The standard InChI is InChI=1S/C17H14BrN5O3/c1-21-14-13(15(24)22(2)17(21)25)19-16(18)23(14)9-11-8-12(20-26-11)10-6-4-3-5-7-10/h3-8H,9H2,1-2H3. The summed E-state index contributed by atoms with van der Waals surface area (Å²) in [5.74, 6) is 0.581.